The van der Waals surface area contributed by atoms with Gasteiger partial charge in [-0.2, -0.15) is 0 Å². The number of carbonyl (C=O) groups excluding carboxylic acids is 3. The summed E-state index contributed by atoms with van der Waals surface area (Å²) < 4.78 is 23.3. The molecule has 0 unspecified atom stereocenters. The molecule has 0 amide bonds. The van der Waals surface area contributed by atoms with Gasteiger partial charge in [0.25, 0.3) is 0 Å². The molecule has 1 saturated heterocycles. The van der Waals surface area contributed by atoms with E-state index in [4.69, 9.17) is 18.6 Å². The van der Waals surface area contributed by atoms with E-state index >= 15 is 0 Å². The van der Waals surface area contributed by atoms with Crippen molar-refractivity contribution in [2.24, 2.45) is 28.1 Å². The SMILES string of the molecule is C=C1C2=CC[C@@H](c3ccoc3)[C@]2(C)[C@@H](OC(C)=O)[C@@H]2O[C@H]3CC(=O)C(C)(C)[C@H](CC(=O)OC)[C@@]3(C)[C@H]12. The molecule has 1 aromatic rings. The molecule has 5 rings (SSSR count). The Balaban J connectivity index is 1.65. The van der Waals surface area contributed by atoms with Crippen molar-refractivity contribution in [2.45, 2.75) is 78.1 Å². The number of methoxy groups -OCH3 is 1. The summed E-state index contributed by atoms with van der Waals surface area (Å²) >= 11 is 0. The number of Topliss-reactive ketones (excluding diaryl/α,β-unsaturated/α-hetero) is 1. The first kappa shape index (κ1) is 25.0. The van der Waals surface area contributed by atoms with Crippen LogP contribution < -0.4 is 0 Å². The highest BCUT2D eigenvalue weighted by Gasteiger charge is 2.72. The van der Waals surface area contributed by atoms with Gasteiger partial charge in [0.05, 0.1) is 25.7 Å². The summed E-state index contributed by atoms with van der Waals surface area (Å²) in [5, 5.41) is 0. The summed E-state index contributed by atoms with van der Waals surface area (Å²) in [4.78, 5) is 38.4. The molecule has 0 aromatic carbocycles. The van der Waals surface area contributed by atoms with E-state index in [9.17, 15) is 14.4 Å². The Morgan fingerprint density at radius 3 is 2.56 bits per heavy atom. The number of furan rings is 1. The molecule has 8 atom stereocenters. The van der Waals surface area contributed by atoms with Gasteiger partial charge in [0.2, 0.25) is 0 Å². The summed E-state index contributed by atoms with van der Waals surface area (Å²) in [7, 11) is 1.37. The van der Waals surface area contributed by atoms with Crippen molar-refractivity contribution in [2.75, 3.05) is 7.11 Å². The number of fused-ring (bicyclic) bond motifs is 4. The van der Waals surface area contributed by atoms with Crippen LogP contribution in [0.5, 0.6) is 0 Å². The fraction of sp³-hybridized carbons (Fsp3) is 0.621. The number of ether oxygens (including phenoxy) is 3. The molecule has 7 heteroatoms. The maximum atomic E-state index is 13.3. The molecule has 0 spiro atoms. The highest BCUT2D eigenvalue weighted by molar-refractivity contribution is 5.87. The molecule has 3 fully saturated rings. The Labute approximate surface area is 212 Å². The minimum absolute atomic E-state index is 0.0243. The molecule has 1 aliphatic heterocycles. The van der Waals surface area contributed by atoms with Crippen LogP contribution in [0.4, 0.5) is 0 Å². The summed E-state index contributed by atoms with van der Waals surface area (Å²) in [6.07, 6.45) is 5.22. The van der Waals surface area contributed by atoms with E-state index in [0.29, 0.717) is 0 Å². The smallest absolute Gasteiger partial charge is 0.305 e. The van der Waals surface area contributed by atoms with Gasteiger partial charge in [0, 0.05) is 47.8 Å². The van der Waals surface area contributed by atoms with Crippen LogP contribution >= 0.6 is 0 Å². The number of carbonyl (C=O) groups is 3. The van der Waals surface area contributed by atoms with E-state index in [0.717, 1.165) is 23.1 Å². The van der Waals surface area contributed by atoms with E-state index in [1.807, 2.05) is 19.9 Å². The van der Waals surface area contributed by atoms with E-state index in [2.05, 4.69) is 26.5 Å². The van der Waals surface area contributed by atoms with E-state index in [1.54, 1.807) is 12.5 Å². The lowest BCUT2D eigenvalue weighted by atomic mass is 9.46. The second kappa shape index (κ2) is 8.17. The predicted octanol–water partition coefficient (Wildman–Crippen LogP) is 4.77. The fourth-order valence-electron chi connectivity index (χ4n) is 8.18. The van der Waals surface area contributed by atoms with Crippen molar-refractivity contribution < 1.29 is 33.0 Å². The van der Waals surface area contributed by atoms with Crippen LogP contribution in [0.1, 0.15) is 65.4 Å². The molecule has 2 heterocycles. The van der Waals surface area contributed by atoms with E-state index < -0.39 is 34.6 Å². The van der Waals surface area contributed by atoms with Gasteiger partial charge < -0.3 is 18.6 Å². The van der Waals surface area contributed by atoms with Crippen LogP contribution in [0.25, 0.3) is 0 Å². The van der Waals surface area contributed by atoms with Gasteiger partial charge >= 0.3 is 11.9 Å². The van der Waals surface area contributed by atoms with Crippen molar-refractivity contribution in [3.8, 4) is 0 Å². The molecule has 1 aromatic heterocycles. The number of ketones is 1. The van der Waals surface area contributed by atoms with Gasteiger partial charge in [0.15, 0.2) is 0 Å². The number of hydrogen-bond donors (Lipinski definition) is 0. The molecular formula is C29H36O7. The molecule has 4 aliphatic rings. The molecule has 0 radical (unpaired) electrons. The number of allylic oxidation sites excluding steroid dienone is 1. The summed E-state index contributed by atoms with van der Waals surface area (Å²) in [6, 6.07) is 1.95. The van der Waals surface area contributed by atoms with Gasteiger partial charge in [-0.25, -0.2) is 0 Å². The topological polar surface area (TPSA) is 92.0 Å². The molecule has 7 nitrogen and oxygen atoms in total. The maximum absolute atomic E-state index is 13.3. The van der Waals surface area contributed by atoms with Crippen LogP contribution in [0, 0.1) is 28.1 Å². The van der Waals surface area contributed by atoms with Crippen molar-refractivity contribution in [3.63, 3.8) is 0 Å². The highest BCUT2D eigenvalue weighted by Crippen LogP contribution is 2.69. The second-order valence-corrected chi connectivity index (χ2v) is 11.9. The summed E-state index contributed by atoms with van der Waals surface area (Å²) in [5.74, 6) is -1.20. The monoisotopic (exact) mass is 496 g/mol. The van der Waals surface area contributed by atoms with E-state index in [1.165, 1.54) is 14.0 Å². The average Bonchev–Trinajstić information content (AvgIpc) is 3.51. The number of hydrogen-bond acceptors (Lipinski definition) is 7. The zero-order valence-electron chi connectivity index (χ0n) is 22.0. The number of rotatable bonds is 4. The number of esters is 2. The maximum Gasteiger partial charge on any atom is 0.305 e. The zero-order valence-corrected chi connectivity index (χ0v) is 22.0. The predicted molar refractivity (Wildman–Crippen MR) is 131 cm³/mol. The van der Waals surface area contributed by atoms with Crippen molar-refractivity contribution in [1.82, 2.24) is 0 Å². The Kier molecular flexibility index (Phi) is 5.67. The quantitative estimate of drug-likeness (QED) is 0.555. The highest BCUT2D eigenvalue weighted by atomic mass is 16.6. The minimum Gasteiger partial charge on any atom is -0.472 e. The van der Waals surface area contributed by atoms with Crippen molar-refractivity contribution in [1.29, 1.82) is 0 Å². The Bertz CT molecular complexity index is 1140. The zero-order chi connectivity index (χ0) is 26.2. The van der Waals surface area contributed by atoms with Crippen molar-refractivity contribution >= 4 is 17.7 Å². The third kappa shape index (κ3) is 3.17. The normalized spacial score (nSPS) is 40.7. The lowest BCUT2D eigenvalue weighted by Gasteiger charge is -2.55. The third-order valence-electron chi connectivity index (χ3n) is 10.0. The van der Waals surface area contributed by atoms with Gasteiger partial charge in [0.1, 0.15) is 18.0 Å². The van der Waals surface area contributed by atoms with Crippen LogP contribution in [-0.2, 0) is 28.6 Å². The first-order chi connectivity index (χ1) is 16.9. The third-order valence-corrected chi connectivity index (χ3v) is 10.0. The lowest BCUT2D eigenvalue weighted by Crippen LogP contribution is -2.59. The average molecular weight is 497 g/mol. The molecular weight excluding hydrogens is 460 g/mol. The summed E-state index contributed by atoms with van der Waals surface area (Å²) in [5.41, 5.74) is 1.14. The van der Waals surface area contributed by atoms with Gasteiger partial charge in [-0.05, 0) is 35.1 Å². The molecule has 36 heavy (non-hydrogen) atoms. The van der Waals surface area contributed by atoms with Crippen LogP contribution in [0.3, 0.4) is 0 Å². The van der Waals surface area contributed by atoms with Gasteiger partial charge in [-0.15, -0.1) is 0 Å². The Morgan fingerprint density at radius 2 is 1.94 bits per heavy atom. The first-order valence-electron chi connectivity index (χ1n) is 12.7. The van der Waals surface area contributed by atoms with Gasteiger partial charge in [-0.1, -0.05) is 40.3 Å². The summed E-state index contributed by atoms with van der Waals surface area (Å²) in [6.45, 7) is 14.1. The van der Waals surface area contributed by atoms with Gasteiger partial charge in [-0.3, -0.25) is 14.4 Å². The Hall–Kier alpha value is -2.67. The molecule has 0 bridgehead atoms. The molecule has 194 valence electrons. The van der Waals surface area contributed by atoms with Crippen molar-refractivity contribution in [3.05, 3.63) is 48.0 Å². The molecule has 2 saturated carbocycles. The molecule has 3 aliphatic carbocycles. The van der Waals surface area contributed by atoms with Crippen LogP contribution in [-0.4, -0.2) is 43.1 Å². The lowest BCUT2D eigenvalue weighted by molar-refractivity contribution is -0.171. The Morgan fingerprint density at radius 1 is 1.22 bits per heavy atom. The van der Waals surface area contributed by atoms with Crippen LogP contribution in [0.2, 0.25) is 0 Å². The largest absolute Gasteiger partial charge is 0.472 e. The molecule has 0 N–H and O–H groups in total. The minimum atomic E-state index is -0.751. The standard InChI is InChI=1S/C29H36O7/c1-15-18-8-9-19(17-10-11-34-14-17)28(18,5)26(35-16(2)30)25-24(15)29(6)20(12-23(32)33-7)27(3,4)21(31)13-22(29)36-25/h8,10-11,14,19-20,22,24-26H,1,9,12-13H2,2-7H3/t19-,20-,22-,24+,25+,26-,28+,29+/m0/s1. The second-order valence-electron chi connectivity index (χ2n) is 11.9. The first-order valence-corrected chi connectivity index (χ1v) is 12.7. The fourth-order valence-corrected chi connectivity index (χ4v) is 8.18. The van der Waals surface area contributed by atoms with E-state index in [-0.39, 0.29) is 48.3 Å². The van der Waals surface area contributed by atoms with Crippen LogP contribution in [0.15, 0.2) is 46.8 Å².